The molecule has 0 saturated heterocycles. The minimum Gasteiger partial charge on any atom is -0.506 e. The van der Waals surface area contributed by atoms with Crippen molar-refractivity contribution in [2.75, 3.05) is 13.6 Å². The highest BCUT2D eigenvalue weighted by Gasteiger charge is 2.23. The van der Waals surface area contributed by atoms with Crippen LogP contribution in [0.1, 0.15) is 37.3 Å². The minimum atomic E-state index is 0.196. The van der Waals surface area contributed by atoms with E-state index in [9.17, 15) is 5.11 Å². The number of aromatic hydroxyl groups is 1. The monoisotopic (exact) mass is 265 g/mol. The van der Waals surface area contributed by atoms with Gasteiger partial charge in [-0.3, -0.25) is 0 Å². The summed E-state index contributed by atoms with van der Waals surface area (Å²) in [5.41, 5.74) is 3.81. The quantitative estimate of drug-likeness (QED) is 0.819. The molecule has 1 atom stereocenters. The summed E-state index contributed by atoms with van der Waals surface area (Å²) in [5, 5.41) is 10.2. The van der Waals surface area contributed by atoms with E-state index in [2.05, 4.69) is 31.9 Å². The summed E-state index contributed by atoms with van der Waals surface area (Å²) in [4.78, 5) is 2.30. The largest absolute Gasteiger partial charge is 0.506 e. The highest BCUT2D eigenvalue weighted by Crippen LogP contribution is 2.36. The van der Waals surface area contributed by atoms with Gasteiger partial charge in [0.15, 0.2) is 0 Å². The molecule has 0 bridgehead atoms. The number of nitrogens with zero attached hydrogens (tertiary/aromatic N) is 1. The SMILES string of the molecule is CC(C)=CCC1CN(C)Cc2cc(Cl)c(O)cc21. The van der Waals surface area contributed by atoms with E-state index in [1.807, 2.05) is 12.1 Å². The second-order valence-electron chi connectivity index (χ2n) is 5.41. The molecule has 18 heavy (non-hydrogen) atoms. The Bertz CT molecular complexity index is 478. The molecule has 0 aromatic heterocycles. The fraction of sp³-hybridized carbons (Fsp3) is 0.467. The maximum absolute atomic E-state index is 9.78. The molecule has 1 aromatic carbocycles. The van der Waals surface area contributed by atoms with Gasteiger partial charge >= 0.3 is 0 Å². The van der Waals surface area contributed by atoms with Crippen LogP contribution in [0.25, 0.3) is 0 Å². The van der Waals surface area contributed by atoms with Crippen LogP contribution < -0.4 is 0 Å². The van der Waals surface area contributed by atoms with Gasteiger partial charge in [0, 0.05) is 19.0 Å². The van der Waals surface area contributed by atoms with E-state index < -0.39 is 0 Å². The maximum Gasteiger partial charge on any atom is 0.134 e. The van der Waals surface area contributed by atoms with Gasteiger partial charge in [-0.25, -0.2) is 0 Å². The molecule has 1 aliphatic heterocycles. The van der Waals surface area contributed by atoms with Gasteiger partial charge in [0.25, 0.3) is 0 Å². The Morgan fingerprint density at radius 2 is 2.22 bits per heavy atom. The Balaban J connectivity index is 2.35. The minimum absolute atomic E-state index is 0.196. The number of likely N-dealkylation sites (N-methyl/N-ethyl adjacent to an activating group) is 1. The zero-order valence-electron chi connectivity index (χ0n) is 11.2. The summed E-state index contributed by atoms with van der Waals surface area (Å²) >= 11 is 5.99. The van der Waals surface area contributed by atoms with E-state index in [0.717, 1.165) is 19.5 Å². The average molecular weight is 266 g/mol. The molecule has 2 nitrogen and oxygen atoms in total. The lowest BCUT2D eigenvalue weighted by Crippen LogP contribution is -2.30. The Kier molecular flexibility index (Phi) is 3.98. The molecule has 0 radical (unpaired) electrons. The third-order valence-electron chi connectivity index (χ3n) is 3.43. The third kappa shape index (κ3) is 2.88. The van der Waals surface area contributed by atoms with Gasteiger partial charge in [0.2, 0.25) is 0 Å². The zero-order chi connectivity index (χ0) is 13.3. The zero-order valence-corrected chi connectivity index (χ0v) is 12.0. The van der Waals surface area contributed by atoms with E-state index in [4.69, 9.17) is 11.6 Å². The van der Waals surface area contributed by atoms with Gasteiger partial charge in [0.1, 0.15) is 5.75 Å². The summed E-state index contributed by atoms with van der Waals surface area (Å²) < 4.78 is 0. The van der Waals surface area contributed by atoms with Crippen LogP contribution in [0, 0.1) is 0 Å². The summed E-state index contributed by atoms with van der Waals surface area (Å²) in [5.74, 6) is 0.638. The molecule has 2 rings (SSSR count). The van der Waals surface area contributed by atoms with Crippen molar-refractivity contribution in [2.45, 2.75) is 32.7 Å². The number of halogens is 1. The number of allylic oxidation sites excluding steroid dienone is 2. The lowest BCUT2D eigenvalue weighted by Gasteiger charge is -2.32. The first kappa shape index (κ1) is 13.4. The number of phenolic OH excluding ortho intramolecular Hbond substituents is 1. The summed E-state index contributed by atoms with van der Waals surface area (Å²) in [6, 6.07) is 3.74. The molecule has 98 valence electrons. The van der Waals surface area contributed by atoms with Gasteiger partial charge in [-0.05, 0) is 50.6 Å². The molecular formula is C15H20ClNO. The number of fused-ring (bicyclic) bond motifs is 1. The van der Waals surface area contributed by atoms with Crippen molar-refractivity contribution >= 4 is 11.6 Å². The van der Waals surface area contributed by atoms with E-state index in [0.29, 0.717) is 10.9 Å². The first-order valence-electron chi connectivity index (χ1n) is 6.30. The van der Waals surface area contributed by atoms with Crippen molar-refractivity contribution in [3.05, 3.63) is 39.9 Å². The highest BCUT2D eigenvalue weighted by molar-refractivity contribution is 6.32. The van der Waals surface area contributed by atoms with Crippen molar-refractivity contribution in [1.29, 1.82) is 0 Å². The van der Waals surface area contributed by atoms with Crippen LogP contribution >= 0.6 is 11.6 Å². The molecule has 1 heterocycles. The van der Waals surface area contributed by atoms with Crippen molar-refractivity contribution < 1.29 is 5.11 Å². The van der Waals surface area contributed by atoms with Crippen LogP contribution in [-0.4, -0.2) is 23.6 Å². The molecule has 3 heteroatoms. The lowest BCUT2D eigenvalue weighted by molar-refractivity contribution is 0.280. The predicted molar refractivity (Wildman–Crippen MR) is 76.2 cm³/mol. The van der Waals surface area contributed by atoms with Crippen molar-refractivity contribution in [2.24, 2.45) is 0 Å². The standard InChI is InChI=1S/C15H20ClNO/c1-10(2)4-5-11-8-17(3)9-12-6-14(16)15(18)7-13(11)12/h4,6-7,11,18H,5,8-9H2,1-3H3. The molecular weight excluding hydrogens is 246 g/mol. The van der Waals surface area contributed by atoms with Crippen molar-refractivity contribution in [1.82, 2.24) is 4.90 Å². The van der Waals surface area contributed by atoms with Crippen LogP contribution in [0.15, 0.2) is 23.8 Å². The molecule has 0 saturated carbocycles. The smallest absolute Gasteiger partial charge is 0.134 e. The average Bonchev–Trinajstić information content (AvgIpc) is 2.28. The second-order valence-corrected chi connectivity index (χ2v) is 5.82. The normalized spacial score (nSPS) is 19.4. The fourth-order valence-electron chi connectivity index (χ4n) is 2.55. The number of benzene rings is 1. The van der Waals surface area contributed by atoms with E-state index in [1.54, 1.807) is 0 Å². The van der Waals surface area contributed by atoms with Crippen LogP contribution in [0.4, 0.5) is 0 Å². The first-order valence-corrected chi connectivity index (χ1v) is 6.68. The van der Waals surface area contributed by atoms with Gasteiger partial charge in [-0.1, -0.05) is 23.3 Å². The number of phenols is 1. The molecule has 0 spiro atoms. The number of hydrogen-bond donors (Lipinski definition) is 1. The maximum atomic E-state index is 9.78. The Hall–Kier alpha value is -0.990. The molecule has 1 unspecified atom stereocenters. The van der Waals surface area contributed by atoms with Crippen LogP contribution in [-0.2, 0) is 6.54 Å². The van der Waals surface area contributed by atoms with Crippen molar-refractivity contribution in [3.8, 4) is 5.75 Å². The molecule has 0 fully saturated rings. The van der Waals surface area contributed by atoms with E-state index >= 15 is 0 Å². The topological polar surface area (TPSA) is 23.5 Å². The van der Waals surface area contributed by atoms with Crippen LogP contribution in [0.3, 0.4) is 0 Å². The first-order chi connectivity index (χ1) is 8.47. The Labute approximate surface area is 114 Å². The fourth-order valence-corrected chi connectivity index (χ4v) is 2.73. The van der Waals surface area contributed by atoms with Gasteiger partial charge in [-0.2, -0.15) is 0 Å². The van der Waals surface area contributed by atoms with Crippen LogP contribution in [0.2, 0.25) is 5.02 Å². The molecule has 1 aromatic rings. The van der Waals surface area contributed by atoms with E-state index in [-0.39, 0.29) is 5.75 Å². The summed E-state index contributed by atoms with van der Waals surface area (Å²) in [7, 11) is 2.12. The molecule has 1 aliphatic rings. The summed E-state index contributed by atoms with van der Waals surface area (Å²) in [6.45, 7) is 6.16. The highest BCUT2D eigenvalue weighted by atomic mass is 35.5. The number of rotatable bonds is 2. The molecule has 1 N–H and O–H groups in total. The van der Waals surface area contributed by atoms with E-state index in [1.165, 1.54) is 16.7 Å². The van der Waals surface area contributed by atoms with Gasteiger partial charge in [-0.15, -0.1) is 0 Å². The third-order valence-corrected chi connectivity index (χ3v) is 3.73. The van der Waals surface area contributed by atoms with Crippen molar-refractivity contribution in [3.63, 3.8) is 0 Å². The number of hydrogen-bond acceptors (Lipinski definition) is 2. The molecule has 0 amide bonds. The predicted octanol–water partition coefficient (Wildman–Crippen LogP) is 3.93. The second kappa shape index (κ2) is 5.33. The Morgan fingerprint density at radius 1 is 1.50 bits per heavy atom. The van der Waals surface area contributed by atoms with Gasteiger partial charge in [0.05, 0.1) is 5.02 Å². The summed E-state index contributed by atoms with van der Waals surface area (Å²) in [6.07, 6.45) is 3.28. The molecule has 0 aliphatic carbocycles. The van der Waals surface area contributed by atoms with Gasteiger partial charge < -0.3 is 10.0 Å². The lowest BCUT2D eigenvalue weighted by atomic mass is 9.87. The Morgan fingerprint density at radius 3 is 2.89 bits per heavy atom. The van der Waals surface area contributed by atoms with Crippen LogP contribution in [0.5, 0.6) is 5.75 Å².